The summed E-state index contributed by atoms with van der Waals surface area (Å²) in [6, 6.07) is 16.5. The fourth-order valence-corrected chi connectivity index (χ4v) is 2.72. The molecule has 2 atom stereocenters. The second kappa shape index (κ2) is 6.29. The third-order valence-electron chi connectivity index (χ3n) is 3.97. The van der Waals surface area contributed by atoms with Gasteiger partial charge in [0.2, 0.25) is 0 Å². The molecule has 2 aromatic rings. The van der Waals surface area contributed by atoms with E-state index in [0.29, 0.717) is 0 Å². The Balaban J connectivity index is 2.22. The predicted octanol–water partition coefficient (Wildman–Crippen LogP) is 4.68. The molecule has 0 spiro atoms. The van der Waals surface area contributed by atoms with Crippen molar-refractivity contribution in [2.45, 2.75) is 25.9 Å². The number of nitrogens with two attached hydrogens (primary N) is 1. The van der Waals surface area contributed by atoms with E-state index in [-0.39, 0.29) is 12.1 Å². The van der Waals surface area contributed by atoms with Gasteiger partial charge in [0.05, 0.1) is 0 Å². The summed E-state index contributed by atoms with van der Waals surface area (Å²) in [6.45, 7) is 4.35. The first-order chi connectivity index (χ1) is 9.50. The highest BCUT2D eigenvalue weighted by molar-refractivity contribution is 6.31. The number of rotatable bonds is 4. The minimum absolute atomic E-state index is 0.236. The van der Waals surface area contributed by atoms with Crippen LogP contribution in [0.1, 0.15) is 37.1 Å². The molecule has 3 heteroatoms. The number of halogens is 1. The van der Waals surface area contributed by atoms with Gasteiger partial charge in [0.1, 0.15) is 0 Å². The number of hydrogen-bond donors (Lipinski definition) is 1. The Hall–Kier alpha value is -1.51. The molecule has 20 heavy (non-hydrogen) atoms. The van der Waals surface area contributed by atoms with Crippen LogP contribution < -0.4 is 5.73 Å². The van der Waals surface area contributed by atoms with Crippen LogP contribution in [0.4, 0.5) is 5.69 Å². The number of hydrogen-bond acceptors (Lipinski definition) is 2. The Kier molecular flexibility index (Phi) is 4.69. The zero-order valence-corrected chi connectivity index (χ0v) is 12.9. The van der Waals surface area contributed by atoms with E-state index in [0.717, 1.165) is 16.3 Å². The summed E-state index contributed by atoms with van der Waals surface area (Å²) < 4.78 is 0. The molecular formula is C17H21ClN2. The average molecular weight is 289 g/mol. The minimum atomic E-state index is 0.236. The van der Waals surface area contributed by atoms with E-state index < -0.39 is 0 Å². The van der Waals surface area contributed by atoms with Crippen molar-refractivity contribution in [2.75, 3.05) is 12.8 Å². The molecule has 0 saturated heterocycles. The van der Waals surface area contributed by atoms with Gasteiger partial charge in [-0.2, -0.15) is 0 Å². The molecule has 2 unspecified atom stereocenters. The van der Waals surface area contributed by atoms with E-state index in [1.54, 1.807) is 0 Å². The van der Waals surface area contributed by atoms with Crippen LogP contribution in [0.5, 0.6) is 0 Å². The second-order valence-corrected chi connectivity index (χ2v) is 5.62. The third kappa shape index (κ3) is 3.14. The van der Waals surface area contributed by atoms with Crippen molar-refractivity contribution >= 4 is 17.3 Å². The lowest BCUT2D eigenvalue weighted by atomic mass is 10.0. The van der Waals surface area contributed by atoms with Gasteiger partial charge in [0.25, 0.3) is 0 Å². The fourth-order valence-electron chi connectivity index (χ4n) is 2.42. The smallest absolute Gasteiger partial charge is 0.0453 e. The average Bonchev–Trinajstić information content (AvgIpc) is 2.45. The van der Waals surface area contributed by atoms with E-state index >= 15 is 0 Å². The molecule has 0 aromatic heterocycles. The van der Waals surface area contributed by atoms with Crippen molar-refractivity contribution in [3.63, 3.8) is 0 Å². The zero-order chi connectivity index (χ0) is 14.7. The monoisotopic (exact) mass is 288 g/mol. The minimum Gasteiger partial charge on any atom is -0.399 e. The van der Waals surface area contributed by atoms with Crippen LogP contribution in [-0.4, -0.2) is 11.9 Å². The summed E-state index contributed by atoms with van der Waals surface area (Å²) in [5.41, 5.74) is 9.03. The molecule has 0 aliphatic rings. The lowest BCUT2D eigenvalue weighted by Gasteiger charge is -2.32. The first kappa shape index (κ1) is 14.9. The van der Waals surface area contributed by atoms with Crippen molar-refractivity contribution in [1.29, 1.82) is 0 Å². The first-order valence-corrected chi connectivity index (χ1v) is 7.20. The predicted molar refractivity (Wildman–Crippen MR) is 86.9 cm³/mol. The van der Waals surface area contributed by atoms with Crippen LogP contribution in [0, 0.1) is 0 Å². The molecule has 0 fully saturated rings. The van der Waals surface area contributed by atoms with Crippen molar-refractivity contribution < 1.29 is 0 Å². The molecular weight excluding hydrogens is 268 g/mol. The first-order valence-electron chi connectivity index (χ1n) is 6.82. The molecule has 0 aliphatic carbocycles. The van der Waals surface area contributed by atoms with Gasteiger partial charge in [-0.1, -0.05) is 41.9 Å². The van der Waals surface area contributed by atoms with Crippen molar-refractivity contribution in [1.82, 2.24) is 4.90 Å². The van der Waals surface area contributed by atoms with Gasteiger partial charge >= 0.3 is 0 Å². The van der Waals surface area contributed by atoms with Gasteiger partial charge in [0.15, 0.2) is 0 Å². The molecule has 0 amide bonds. The van der Waals surface area contributed by atoms with E-state index in [4.69, 9.17) is 17.3 Å². The summed E-state index contributed by atoms with van der Waals surface area (Å²) in [7, 11) is 2.11. The highest BCUT2D eigenvalue weighted by atomic mass is 35.5. The molecule has 0 heterocycles. The Morgan fingerprint density at radius 2 is 1.70 bits per heavy atom. The zero-order valence-electron chi connectivity index (χ0n) is 12.2. The Morgan fingerprint density at radius 3 is 2.35 bits per heavy atom. The Bertz CT molecular complexity index is 583. The number of anilines is 1. The molecule has 0 saturated carbocycles. The van der Waals surface area contributed by atoms with Gasteiger partial charge in [0, 0.05) is 22.8 Å². The Morgan fingerprint density at radius 1 is 1.00 bits per heavy atom. The molecule has 0 aliphatic heterocycles. The summed E-state index contributed by atoms with van der Waals surface area (Å²) in [6.07, 6.45) is 0. The summed E-state index contributed by atoms with van der Waals surface area (Å²) >= 11 is 6.29. The molecule has 2 rings (SSSR count). The normalized spacial score (nSPS) is 14.2. The SMILES string of the molecule is CC(c1cccc(N)c1)N(C)C(C)c1ccccc1Cl. The quantitative estimate of drug-likeness (QED) is 0.828. The Labute approximate surface area is 126 Å². The van der Waals surface area contributed by atoms with Gasteiger partial charge in [-0.25, -0.2) is 0 Å². The maximum absolute atomic E-state index is 6.29. The number of nitrogen functional groups attached to an aromatic ring is 1. The van der Waals surface area contributed by atoms with Crippen LogP contribution in [-0.2, 0) is 0 Å². The van der Waals surface area contributed by atoms with E-state index in [9.17, 15) is 0 Å². The molecule has 2 nitrogen and oxygen atoms in total. The summed E-state index contributed by atoms with van der Waals surface area (Å²) in [4.78, 5) is 2.30. The molecule has 0 bridgehead atoms. The van der Waals surface area contributed by atoms with Crippen LogP contribution >= 0.6 is 11.6 Å². The largest absolute Gasteiger partial charge is 0.399 e. The maximum atomic E-state index is 6.29. The molecule has 2 aromatic carbocycles. The number of benzene rings is 2. The highest BCUT2D eigenvalue weighted by Crippen LogP contribution is 2.32. The van der Waals surface area contributed by atoms with Crippen LogP contribution in [0.25, 0.3) is 0 Å². The topological polar surface area (TPSA) is 29.3 Å². The molecule has 2 N–H and O–H groups in total. The van der Waals surface area contributed by atoms with Crippen LogP contribution in [0.15, 0.2) is 48.5 Å². The standard InChI is InChI=1S/C17H21ClN2/c1-12(14-7-6-8-15(19)11-14)20(3)13(2)16-9-4-5-10-17(16)18/h4-13H,19H2,1-3H3. The maximum Gasteiger partial charge on any atom is 0.0453 e. The van der Waals surface area contributed by atoms with E-state index in [2.05, 4.69) is 37.9 Å². The molecule has 0 radical (unpaired) electrons. The molecule has 106 valence electrons. The fraction of sp³-hybridized carbons (Fsp3) is 0.294. The van der Waals surface area contributed by atoms with Crippen molar-refractivity contribution in [2.24, 2.45) is 0 Å². The van der Waals surface area contributed by atoms with Gasteiger partial charge < -0.3 is 5.73 Å². The number of nitrogens with zero attached hydrogens (tertiary/aromatic N) is 1. The van der Waals surface area contributed by atoms with Crippen LogP contribution in [0.3, 0.4) is 0 Å². The van der Waals surface area contributed by atoms with Gasteiger partial charge in [-0.3, -0.25) is 4.90 Å². The van der Waals surface area contributed by atoms with Crippen molar-refractivity contribution in [3.8, 4) is 0 Å². The highest BCUT2D eigenvalue weighted by Gasteiger charge is 2.20. The van der Waals surface area contributed by atoms with E-state index in [1.165, 1.54) is 5.56 Å². The summed E-state index contributed by atoms with van der Waals surface area (Å²) in [5.74, 6) is 0. The van der Waals surface area contributed by atoms with Crippen LogP contribution in [0.2, 0.25) is 5.02 Å². The van der Waals surface area contributed by atoms with E-state index in [1.807, 2.05) is 36.4 Å². The second-order valence-electron chi connectivity index (χ2n) is 5.21. The lowest BCUT2D eigenvalue weighted by molar-refractivity contribution is 0.199. The van der Waals surface area contributed by atoms with Gasteiger partial charge in [-0.15, -0.1) is 0 Å². The lowest BCUT2D eigenvalue weighted by Crippen LogP contribution is -2.26. The third-order valence-corrected chi connectivity index (χ3v) is 4.31. The summed E-state index contributed by atoms with van der Waals surface area (Å²) in [5, 5.41) is 0.812. The van der Waals surface area contributed by atoms with Gasteiger partial charge in [-0.05, 0) is 50.2 Å². The van der Waals surface area contributed by atoms with Crippen molar-refractivity contribution in [3.05, 3.63) is 64.7 Å².